The summed E-state index contributed by atoms with van der Waals surface area (Å²) in [4.78, 5) is 0. The fraction of sp³-hybridized carbons (Fsp3) is 0.593. The van der Waals surface area contributed by atoms with Gasteiger partial charge in [-0.3, -0.25) is 0 Å². The van der Waals surface area contributed by atoms with Gasteiger partial charge in [-0.15, -0.1) is 0 Å². The van der Waals surface area contributed by atoms with E-state index in [4.69, 9.17) is 27.5 Å². The molecule has 10 heteroatoms. The largest absolute Gasteiger partial charge is 0.497 e. The van der Waals surface area contributed by atoms with Gasteiger partial charge in [-0.25, -0.2) is 0 Å². The van der Waals surface area contributed by atoms with Gasteiger partial charge in [-0.1, -0.05) is 193 Å². The van der Waals surface area contributed by atoms with Gasteiger partial charge in [-0.2, -0.15) is 0 Å². The van der Waals surface area contributed by atoms with Crippen LogP contribution in [0.25, 0.3) is 0 Å². The van der Waals surface area contributed by atoms with Crippen molar-refractivity contribution in [3.63, 3.8) is 0 Å². The van der Waals surface area contributed by atoms with E-state index in [9.17, 15) is 5.11 Å². The van der Waals surface area contributed by atoms with Crippen LogP contribution in [0.5, 0.6) is 5.75 Å². The average Bonchev–Trinajstić information content (AvgIpc) is 3.34. The van der Waals surface area contributed by atoms with E-state index >= 15 is 0 Å². The number of methoxy groups -OCH3 is 1. The molecule has 4 aromatic rings. The predicted octanol–water partition coefficient (Wildman–Crippen LogP) is 13.8. The first kappa shape index (κ1) is 58.7. The van der Waals surface area contributed by atoms with Crippen molar-refractivity contribution in [2.45, 2.75) is 182 Å². The average molecular weight is 1000 g/mol. The van der Waals surface area contributed by atoms with E-state index in [-0.39, 0.29) is 52.1 Å². The van der Waals surface area contributed by atoms with Crippen molar-refractivity contribution < 1.29 is 32.6 Å². The maximum absolute atomic E-state index is 12.6. The summed E-state index contributed by atoms with van der Waals surface area (Å²) in [6.07, 6.45) is -0.0164. The first-order valence-electron chi connectivity index (χ1n) is 26.3. The number of ether oxygens (including phenoxy) is 3. The molecular formula is C59H94O7Si3. The van der Waals surface area contributed by atoms with Crippen LogP contribution in [0.15, 0.2) is 115 Å². The standard InChI is InChI=1S/C59H94O7Si3/c1-17-50(44-65-68(18-2,19-3)20-4)55(60)46(6)57(63-43-49-36-38-51(61-14)39-37-49)47(7)56(62-42-48-30-24-21-25-31-48)45(5)54(66-67(15,16)58(8,9)10)40-41-64-69(59(11,12)13,52-32-26-22-27-33-52)53-34-28-23-29-35-53/h21-39,45-47,50,54-57,60H,17-20,40-44H2,1-16H3/t45-,46-,47-,50+,54-,55+,56-,57-/m0/s1. The van der Waals surface area contributed by atoms with E-state index in [1.54, 1.807) is 7.11 Å². The lowest BCUT2D eigenvalue weighted by molar-refractivity contribution is -0.139. The van der Waals surface area contributed by atoms with E-state index in [2.05, 4.69) is 206 Å². The highest BCUT2D eigenvalue weighted by Gasteiger charge is 2.51. The summed E-state index contributed by atoms with van der Waals surface area (Å²) in [5.41, 5.74) is 2.16. The van der Waals surface area contributed by atoms with Crippen LogP contribution in [-0.4, -0.2) is 74.8 Å². The van der Waals surface area contributed by atoms with Gasteiger partial charge in [0.2, 0.25) is 0 Å². The van der Waals surface area contributed by atoms with E-state index < -0.39 is 31.1 Å². The lowest BCUT2D eigenvalue weighted by Gasteiger charge is -2.46. The number of hydrogen-bond donors (Lipinski definition) is 1. The van der Waals surface area contributed by atoms with E-state index in [0.29, 0.717) is 32.8 Å². The number of benzene rings is 4. The number of aliphatic hydroxyl groups is 1. The molecule has 0 aliphatic rings. The SMILES string of the molecule is CC[C@H](CO[Si](CC)(CC)CC)[C@H](O)[C@H](C)[C@H](OCc1ccc(OC)cc1)[C@@H](C)[C@@H](OCc1ccccc1)[C@@H](C)[C@H](CCO[Si](c1ccccc1)(c1ccccc1)C(C)(C)C)O[Si](C)(C)C(C)(C)C. The minimum absolute atomic E-state index is 0.0243. The second kappa shape index (κ2) is 26.7. The Hall–Kier alpha value is -2.91. The maximum Gasteiger partial charge on any atom is 0.261 e. The van der Waals surface area contributed by atoms with Crippen molar-refractivity contribution in [3.8, 4) is 5.75 Å². The molecule has 0 fully saturated rings. The second-order valence-corrected chi connectivity index (χ2v) is 36.2. The molecule has 0 aliphatic carbocycles. The molecule has 4 rings (SSSR count). The molecular weight excluding hydrogens is 905 g/mol. The molecule has 0 bridgehead atoms. The van der Waals surface area contributed by atoms with Crippen LogP contribution in [0, 0.1) is 23.7 Å². The Bertz CT molecular complexity index is 1970. The third kappa shape index (κ3) is 15.3. The zero-order valence-corrected chi connectivity index (χ0v) is 48.8. The molecule has 384 valence electrons. The van der Waals surface area contributed by atoms with Crippen LogP contribution in [-0.2, 0) is 36.0 Å². The van der Waals surface area contributed by atoms with Crippen molar-refractivity contribution >= 4 is 35.3 Å². The lowest BCUT2D eigenvalue weighted by atomic mass is 9.77. The smallest absolute Gasteiger partial charge is 0.261 e. The zero-order chi connectivity index (χ0) is 51.0. The fourth-order valence-corrected chi connectivity index (χ4v) is 18.8. The van der Waals surface area contributed by atoms with Crippen LogP contribution in [0.4, 0.5) is 0 Å². The van der Waals surface area contributed by atoms with Gasteiger partial charge in [0.25, 0.3) is 8.32 Å². The first-order valence-corrected chi connectivity index (χ1v) is 33.6. The molecule has 0 aliphatic heterocycles. The lowest BCUT2D eigenvalue weighted by Crippen LogP contribution is -2.66. The van der Waals surface area contributed by atoms with Gasteiger partial charge in [0.15, 0.2) is 16.6 Å². The van der Waals surface area contributed by atoms with Crippen molar-refractivity contribution in [1.29, 1.82) is 0 Å². The Kier molecular flexibility index (Phi) is 22.7. The first-order chi connectivity index (χ1) is 32.6. The van der Waals surface area contributed by atoms with Crippen molar-refractivity contribution in [1.82, 2.24) is 0 Å². The molecule has 4 aromatic carbocycles. The number of hydrogen-bond acceptors (Lipinski definition) is 7. The van der Waals surface area contributed by atoms with Crippen molar-refractivity contribution in [3.05, 3.63) is 126 Å². The Labute approximate surface area is 423 Å². The molecule has 8 atom stereocenters. The molecule has 0 unspecified atom stereocenters. The Balaban J connectivity index is 1.82. The molecule has 0 saturated carbocycles. The van der Waals surface area contributed by atoms with Gasteiger partial charge in [0.1, 0.15) is 5.75 Å². The number of rotatable bonds is 29. The van der Waals surface area contributed by atoms with Gasteiger partial charge in [0, 0.05) is 36.9 Å². The minimum atomic E-state index is -2.83. The normalized spacial score (nSPS) is 16.5. The summed E-state index contributed by atoms with van der Waals surface area (Å²) in [6, 6.07) is 43.6. The third-order valence-corrected chi connectivity index (χ3v) is 30.2. The summed E-state index contributed by atoms with van der Waals surface area (Å²) >= 11 is 0. The van der Waals surface area contributed by atoms with Gasteiger partial charge >= 0.3 is 0 Å². The summed E-state index contributed by atoms with van der Waals surface area (Å²) in [5.74, 6) is 0.307. The van der Waals surface area contributed by atoms with Crippen LogP contribution in [0.2, 0.25) is 41.3 Å². The Morgan fingerprint density at radius 3 is 1.46 bits per heavy atom. The molecule has 1 N–H and O–H groups in total. The van der Waals surface area contributed by atoms with Crippen molar-refractivity contribution in [2.24, 2.45) is 23.7 Å². The summed E-state index contributed by atoms with van der Waals surface area (Å²) in [7, 11) is -5.36. The molecule has 7 nitrogen and oxygen atoms in total. The molecule has 69 heavy (non-hydrogen) atoms. The molecule has 0 spiro atoms. The minimum Gasteiger partial charge on any atom is -0.497 e. The molecule has 0 saturated heterocycles. The Morgan fingerprint density at radius 1 is 0.565 bits per heavy atom. The van der Waals surface area contributed by atoms with Gasteiger partial charge in [-0.05, 0) is 87.8 Å². The highest BCUT2D eigenvalue weighted by atomic mass is 28.4. The fourth-order valence-electron chi connectivity index (χ4n) is 10.1. The highest BCUT2D eigenvalue weighted by Crippen LogP contribution is 2.42. The third-order valence-electron chi connectivity index (χ3n) is 16.0. The maximum atomic E-state index is 12.6. The topological polar surface area (TPSA) is 75.6 Å². The molecule has 0 amide bonds. The van der Waals surface area contributed by atoms with Crippen LogP contribution in [0.3, 0.4) is 0 Å². The Morgan fingerprint density at radius 2 is 1.03 bits per heavy atom. The summed E-state index contributed by atoms with van der Waals surface area (Å²) < 4.78 is 42.1. The van der Waals surface area contributed by atoms with Gasteiger partial charge in [0.05, 0.1) is 44.7 Å². The monoisotopic (exact) mass is 999 g/mol. The second-order valence-electron chi connectivity index (χ2n) is 22.4. The van der Waals surface area contributed by atoms with E-state index in [1.807, 2.05) is 12.1 Å². The van der Waals surface area contributed by atoms with Crippen LogP contribution in [0.1, 0.15) is 114 Å². The van der Waals surface area contributed by atoms with Crippen molar-refractivity contribution in [2.75, 3.05) is 20.3 Å². The molecule has 0 heterocycles. The highest BCUT2D eigenvalue weighted by molar-refractivity contribution is 6.99. The molecule has 0 radical (unpaired) electrons. The van der Waals surface area contributed by atoms with E-state index in [0.717, 1.165) is 41.4 Å². The van der Waals surface area contributed by atoms with Gasteiger partial charge < -0.3 is 32.6 Å². The van der Waals surface area contributed by atoms with Crippen LogP contribution < -0.4 is 15.1 Å². The van der Waals surface area contributed by atoms with E-state index in [1.165, 1.54) is 10.4 Å². The predicted molar refractivity (Wildman–Crippen MR) is 297 cm³/mol. The summed E-state index contributed by atoms with van der Waals surface area (Å²) in [6.45, 7) is 36.4. The van der Waals surface area contributed by atoms with Crippen LogP contribution >= 0.6 is 0 Å². The quantitative estimate of drug-likeness (QED) is 0.0543. The summed E-state index contributed by atoms with van der Waals surface area (Å²) in [5, 5.41) is 14.9. The molecule has 0 aromatic heterocycles. The zero-order valence-electron chi connectivity index (χ0n) is 45.8. The number of aliphatic hydroxyl groups excluding tert-OH is 1.